The Labute approximate surface area is 178 Å². The van der Waals surface area contributed by atoms with E-state index in [9.17, 15) is 22.8 Å². The first kappa shape index (κ1) is 22.2. The standard InChI is InChI=1S/C21H21N3O6S/c1-13(21(27)18-11-22-19-6-4-3-5-17(18)19)30-20(26)12-23-31(28,29)16-9-7-15(8-10-16)24-14(2)25/h3-11,13,22-23H,12H2,1-2H3,(H,24,25). The van der Waals surface area contributed by atoms with E-state index in [1.165, 1.54) is 38.1 Å². The number of anilines is 1. The quantitative estimate of drug-likeness (QED) is 0.361. The second-order valence-electron chi connectivity index (χ2n) is 6.77. The number of ketones is 1. The number of para-hydroxylation sites is 1. The molecule has 0 saturated heterocycles. The van der Waals surface area contributed by atoms with E-state index in [1.54, 1.807) is 18.3 Å². The van der Waals surface area contributed by atoms with Crippen molar-refractivity contribution in [3.8, 4) is 0 Å². The van der Waals surface area contributed by atoms with E-state index in [4.69, 9.17) is 4.74 Å². The first-order chi connectivity index (χ1) is 14.7. The Balaban J connectivity index is 1.58. The van der Waals surface area contributed by atoms with Crippen LogP contribution in [-0.2, 0) is 24.3 Å². The highest BCUT2D eigenvalue weighted by molar-refractivity contribution is 7.89. The van der Waals surface area contributed by atoms with Gasteiger partial charge in [0.1, 0.15) is 6.54 Å². The van der Waals surface area contributed by atoms with Gasteiger partial charge in [0.15, 0.2) is 6.10 Å². The van der Waals surface area contributed by atoms with Crippen molar-refractivity contribution >= 4 is 44.3 Å². The molecule has 0 aliphatic carbocycles. The summed E-state index contributed by atoms with van der Waals surface area (Å²) in [7, 11) is -3.98. The number of esters is 1. The monoisotopic (exact) mass is 443 g/mol. The van der Waals surface area contributed by atoms with Gasteiger partial charge in [0.05, 0.1) is 4.90 Å². The number of hydrogen-bond acceptors (Lipinski definition) is 6. The Morgan fingerprint density at radius 3 is 2.42 bits per heavy atom. The molecule has 0 radical (unpaired) electrons. The number of rotatable bonds is 8. The number of aromatic amines is 1. The molecule has 1 unspecified atom stereocenters. The van der Waals surface area contributed by atoms with Gasteiger partial charge in [0.25, 0.3) is 0 Å². The molecule has 0 fully saturated rings. The minimum Gasteiger partial charge on any atom is -0.453 e. The summed E-state index contributed by atoms with van der Waals surface area (Å²) >= 11 is 0. The number of carbonyl (C=O) groups excluding carboxylic acids is 3. The summed E-state index contributed by atoms with van der Waals surface area (Å²) in [5.74, 6) is -1.57. The summed E-state index contributed by atoms with van der Waals surface area (Å²) < 4.78 is 31.9. The third-order valence-electron chi connectivity index (χ3n) is 4.42. The Morgan fingerprint density at radius 2 is 1.74 bits per heavy atom. The molecule has 3 aromatic rings. The molecule has 10 heteroatoms. The van der Waals surface area contributed by atoms with Crippen LogP contribution < -0.4 is 10.0 Å². The third-order valence-corrected chi connectivity index (χ3v) is 5.84. The molecule has 0 saturated carbocycles. The fourth-order valence-corrected chi connectivity index (χ4v) is 3.91. The number of Topliss-reactive ketones (excluding diaryl/α,β-unsaturated/α-hetero) is 1. The molecule has 1 aromatic heterocycles. The molecule has 0 aliphatic rings. The Kier molecular flexibility index (Phi) is 6.52. The van der Waals surface area contributed by atoms with Crippen molar-refractivity contribution in [1.29, 1.82) is 0 Å². The summed E-state index contributed by atoms with van der Waals surface area (Å²) in [6, 6.07) is 12.7. The highest BCUT2D eigenvalue weighted by atomic mass is 32.2. The largest absolute Gasteiger partial charge is 0.453 e. The van der Waals surface area contributed by atoms with Crippen molar-refractivity contribution in [3.05, 3.63) is 60.3 Å². The Morgan fingerprint density at radius 1 is 1.06 bits per heavy atom. The van der Waals surface area contributed by atoms with Crippen LogP contribution in [0.15, 0.2) is 59.6 Å². The van der Waals surface area contributed by atoms with E-state index in [-0.39, 0.29) is 10.8 Å². The van der Waals surface area contributed by atoms with Crippen molar-refractivity contribution < 1.29 is 27.5 Å². The number of nitrogens with one attached hydrogen (secondary N) is 3. The number of fused-ring (bicyclic) bond motifs is 1. The highest BCUT2D eigenvalue weighted by Gasteiger charge is 2.23. The molecule has 1 heterocycles. The second kappa shape index (κ2) is 9.11. The number of H-pyrrole nitrogens is 1. The maximum Gasteiger partial charge on any atom is 0.321 e. The number of hydrogen-bond donors (Lipinski definition) is 3. The predicted octanol–water partition coefficient (Wildman–Crippen LogP) is 2.22. The first-order valence-corrected chi connectivity index (χ1v) is 10.8. The van der Waals surface area contributed by atoms with Gasteiger partial charge < -0.3 is 15.0 Å². The SMILES string of the molecule is CC(=O)Nc1ccc(S(=O)(=O)NCC(=O)OC(C)C(=O)c2c[nH]c3ccccc23)cc1. The summed E-state index contributed by atoms with van der Waals surface area (Å²) in [6.07, 6.45) is 0.457. The van der Waals surface area contributed by atoms with Crippen molar-refractivity contribution in [2.45, 2.75) is 24.8 Å². The predicted molar refractivity (Wildman–Crippen MR) is 114 cm³/mol. The average Bonchev–Trinajstić information content (AvgIpc) is 3.16. The highest BCUT2D eigenvalue weighted by Crippen LogP contribution is 2.20. The van der Waals surface area contributed by atoms with Gasteiger partial charge in [0.2, 0.25) is 21.7 Å². The van der Waals surface area contributed by atoms with Crippen molar-refractivity contribution in [2.75, 3.05) is 11.9 Å². The van der Waals surface area contributed by atoms with Gasteiger partial charge in [-0.3, -0.25) is 14.4 Å². The van der Waals surface area contributed by atoms with Gasteiger partial charge >= 0.3 is 5.97 Å². The number of aromatic nitrogens is 1. The average molecular weight is 443 g/mol. The van der Waals surface area contributed by atoms with Crippen LogP contribution in [0, 0.1) is 0 Å². The zero-order chi connectivity index (χ0) is 22.6. The molecule has 3 rings (SSSR count). The van der Waals surface area contributed by atoms with Crippen LogP contribution in [0.25, 0.3) is 10.9 Å². The third kappa shape index (κ3) is 5.36. The molecule has 0 bridgehead atoms. The molecular formula is C21H21N3O6S. The number of sulfonamides is 1. The van der Waals surface area contributed by atoms with Crippen molar-refractivity contribution in [2.24, 2.45) is 0 Å². The smallest absolute Gasteiger partial charge is 0.321 e. The minimum atomic E-state index is -3.98. The van der Waals surface area contributed by atoms with E-state index in [1.807, 2.05) is 12.1 Å². The minimum absolute atomic E-state index is 0.0858. The molecule has 31 heavy (non-hydrogen) atoms. The van der Waals surface area contributed by atoms with E-state index >= 15 is 0 Å². The lowest BCUT2D eigenvalue weighted by molar-refractivity contribution is -0.144. The van der Waals surface area contributed by atoms with Gasteiger partial charge in [-0.05, 0) is 37.3 Å². The van der Waals surface area contributed by atoms with Crippen LogP contribution in [0.5, 0.6) is 0 Å². The van der Waals surface area contributed by atoms with Crippen LogP contribution in [-0.4, -0.2) is 43.7 Å². The lowest BCUT2D eigenvalue weighted by Crippen LogP contribution is -2.34. The lowest BCUT2D eigenvalue weighted by Gasteiger charge is -2.13. The topological polar surface area (TPSA) is 134 Å². The summed E-state index contributed by atoms with van der Waals surface area (Å²) in [4.78, 5) is 38.6. The van der Waals surface area contributed by atoms with Crippen LogP contribution in [0.1, 0.15) is 24.2 Å². The van der Waals surface area contributed by atoms with Gasteiger partial charge in [0, 0.05) is 35.3 Å². The number of carbonyl (C=O) groups is 3. The summed E-state index contributed by atoms with van der Waals surface area (Å²) in [5, 5.41) is 3.23. The molecule has 162 valence electrons. The van der Waals surface area contributed by atoms with E-state index < -0.39 is 34.4 Å². The molecule has 1 atom stereocenters. The zero-order valence-corrected chi connectivity index (χ0v) is 17.7. The first-order valence-electron chi connectivity index (χ1n) is 9.34. The molecule has 3 N–H and O–H groups in total. The second-order valence-corrected chi connectivity index (χ2v) is 8.54. The van der Waals surface area contributed by atoms with Gasteiger partial charge in [-0.1, -0.05) is 18.2 Å². The van der Waals surface area contributed by atoms with Gasteiger partial charge in [-0.2, -0.15) is 4.72 Å². The van der Waals surface area contributed by atoms with Crippen LogP contribution in [0.4, 0.5) is 5.69 Å². The van der Waals surface area contributed by atoms with Crippen LogP contribution >= 0.6 is 0 Å². The van der Waals surface area contributed by atoms with E-state index in [0.29, 0.717) is 16.6 Å². The number of ether oxygens (including phenoxy) is 1. The fraction of sp³-hybridized carbons (Fsp3) is 0.190. The lowest BCUT2D eigenvalue weighted by atomic mass is 10.1. The number of benzene rings is 2. The number of amides is 1. The fourth-order valence-electron chi connectivity index (χ4n) is 2.94. The summed E-state index contributed by atoms with van der Waals surface area (Å²) in [6.45, 7) is 2.13. The van der Waals surface area contributed by atoms with Gasteiger partial charge in [-0.15, -0.1) is 0 Å². The van der Waals surface area contributed by atoms with Gasteiger partial charge in [-0.25, -0.2) is 8.42 Å². The van der Waals surface area contributed by atoms with Crippen LogP contribution in [0.2, 0.25) is 0 Å². The maximum atomic E-state index is 12.6. The summed E-state index contributed by atoms with van der Waals surface area (Å²) in [5.41, 5.74) is 1.60. The molecule has 9 nitrogen and oxygen atoms in total. The molecule has 2 aromatic carbocycles. The van der Waals surface area contributed by atoms with Crippen molar-refractivity contribution in [1.82, 2.24) is 9.71 Å². The van der Waals surface area contributed by atoms with Crippen molar-refractivity contribution in [3.63, 3.8) is 0 Å². The Hall–Kier alpha value is -3.50. The molecule has 0 aliphatic heterocycles. The Bertz CT molecular complexity index is 1230. The van der Waals surface area contributed by atoms with Crippen LogP contribution in [0.3, 0.4) is 0 Å². The van der Waals surface area contributed by atoms with E-state index in [0.717, 1.165) is 5.52 Å². The zero-order valence-electron chi connectivity index (χ0n) is 16.8. The maximum absolute atomic E-state index is 12.6. The molecule has 0 spiro atoms. The van der Waals surface area contributed by atoms with E-state index in [2.05, 4.69) is 15.0 Å². The molecule has 1 amide bonds. The normalized spacial score (nSPS) is 12.3. The molecular weight excluding hydrogens is 422 g/mol.